The number of benzene rings is 1. The van der Waals surface area contributed by atoms with Crippen LogP contribution < -0.4 is 11.3 Å². The molecule has 1 aromatic carbocycles. The van der Waals surface area contributed by atoms with Gasteiger partial charge in [0.2, 0.25) is 0 Å². The van der Waals surface area contributed by atoms with E-state index in [1.807, 2.05) is 19.1 Å². The third-order valence-corrected chi connectivity index (χ3v) is 3.04. The van der Waals surface area contributed by atoms with Crippen LogP contribution in [0.1, 0.15) is 18.9 Å². The van der Waals surface area contributed by atoms with Gasteiger partial charge in [0, 0.05) is 6.04 Å². The third-order valence-electron chi connectivity index (χ3n) is 2.30. The van der Waals surface area contributed by atoms with E-state index in [-0.39, 0.29) is 6.04 Å². The summed E-state index contributed by atoms with van der Waals surface area (Å²) in [5.74, 6) is 5.49. The van der Waals surface area contributed by atoms with Crippen molar-refractivity contribution in [2.45, 2.75) is 25.8 Å². The van der Waals surface area contributed by atoms with E-state index in [4.69, 9.17) is 29.0 Å². The van der Waals surface area contributed by atoms with Crippen LogP contribution in [0, 0.1) is 0 Å². The van der Waals surface area contributed by atoms with Gasteiger partial charge in [-0.15, -0.1) is 6.58 Å². The minimum atomic E-state index is 0.176. The predicted molar refractivity (Wildman–Crippen MR) is 70.7 cm³/mol. The molecule has 0 saturated carbocycles. The predicted octanol–water partition coefficient (Wildman–Crippen LogP) is 3.33. The van der Waals surface area contributed by atoms with Gasteiger partial charge in [0.1, 0.15) is 0 Å². The van der Waals surface area contributed by atoms with Crippen molar-refractivity contribution in [2.24, 2.45) is 5.84 Å². The molecule has 16 heavy (non-hydrogen) atoms. The van der Waals surface area contributed by atoms with Gasteiger partial charge in [0.25, 0.3) is 0 Å². The van der Waals surface area contributed by atoms with E-state index < -0.39 is 0 Å². The van der Waals surface area contributed by atoms with Gasteiger partial charge in [0.05, 0.1) is 10.0 Å². The molecule has 0 spiro atoms. The van der Waals surface area contributed by atoms with Crippen molar-refractivity contribution in [3.05, 3.63) is 46.0 Å². The fourth-order valence-corrected chi connectivity index (χ4v) is 1.88. The van der Waals surface area contributed by atoms with Gasteiger partial charge in [-0.1, -0.05) is 34.8 Å². The van der Waals surface area contributed by atoms with Gasteiger partial charge in [0.15, 0.2) is 0 Å². The molecule has 1 atom stereocenters. The molecule has 0 bridgehead atoms. The van der Waals surface area contributed by atoms with Crippen molar-refractivity contribution < 1.29 is 0 Å². The summed E-state index contributed by atoms with van der Waals surface area (Å²) in [4.78, 5) is 0. The first-order valence-corrected chi connectivity index (χ1v) is 5.83. The van der Waals surface area contributed by atoms with Crippen molar-refractivity contribution in [2.75, 3.05) is 0 Å². The molecule has 0 aromatic heterocycles. The minimum Gasteiger partial charge on any atom is -0.271 e. The summed E-state index contributed by atoms with van der Waals surface area (Å²) in [5.41, 5.74) is 4.99. The van der Waals surface area contributed by atoms with Crippen LogP contribution in [0.5, 0.6) is 0 Å². The highest BCUT2D eigenvalue weighted by Gasteiger charge is 2.09. The molecule has 0 amide bonds. The van der Waals surface area contributed by atoms with Gasteiger partial charge < -0.3 is 0 Å². The Kier molecular flexibility index (Phi) is 5.29. The molecule has 0 aliphatic rings. The summed E-state index contributed by atoms with van der Waals surface area (Å²) in [5, 5.41) is 1.15. The van der Waals surface area contributed by atoms with E-state index in [0.717, 1.165) is 24.0 Å². The quantitative estimate of drug-likeness (QED) is 0.483. The summed E-state index contributed by atoms with van der Waals surface area (Å²) in [6.45, 7) is 5.86. The molecule has 1 rings (SSSR count). The van der Waals surface area contributed by atoms with Crippen molar-refractivity contribution in [1.82, 2.24) is 5.43 Å². The lowest BCUT2D eigenvalue weighted by molar-refractivity contribution is 0.521. The SMILES string of the molecule is C=C(C)CC(Cc1ccc(Cl)c(Cl)c1)NN. The first-order chi connectivity index (χ1) is 7.52. The zero-order chi connectivity index (χ0) is 12.1. The normalized spacial score (nSPS) is 12.5. The number of nitrogens with two attached hydrogens (primary N) is 1. The van der Waals surface area contributed by atoms with Crippen LogP contribution in [-0.2, 0) is 6.42 Å². The van der Waals surface area contributed by atoms with Crippen LogP contribution in [0.15, 0.2) is 30.4 Å². The van der Waals surface area contributed by atoms with Gasteiger partial charge >= 0.3 is 0 Å². The fraction of sp³-hybridized carbons (Fsp3) is 0.333. The average molecular weight is 259 g/mol. The van der Waals surface area contributed by atoms with Crippen molar-refractivity contribution in [1.29, 1.82) is 0 Å². The lowest BCUT2D eigenvalue weighted by atomic mass is 10.0. The average Bonchev–Trinajstić information content (AvgIpc) is 2.22. The van der Waals surface area contributed by atoms with E-state index in [1.165, 1.54) is 0 Å². The second kappa shape index (κ2) is 6.26. The Balaban J connectivity index is 2.70. The summed E-state index contributed by atoms with van der Waals surface area (Å²) in [6.07, 6.45) is 1.65. The van der Waals surface area contributed by atoms with Gasteiger partial charge in [-0.05, 0) is 37.5 Å². The summed E-state index contributed by atoms with van der Waals surface area (Å²) >= 11 is 11.8. The van der Waals surface area contributed by atoms with E-state index in [1.54, 1.807) is 6.07 Å². The van der Waals surface area contributed by atoms with Gasteiger partial charge in [-0.2, -0.15) is 0 Å². The number of rotatable bonds is 5. The maximum Gasteiger partial charge on any atom is 0.0595 e. The third kappa shape index (κ3) is 4.14. The van der Waals surface area contributed by atoms with Crippen LogP contribution in [0.25, 0.3) is 0 Å². The second-order valence-corrected chi connectivity index (χ2v) is 4.79. The number of hydrogen-bond acceptors (Lipinski definition) is 2. The molecule has 0 saturated heterocycles. The molecule has 0 radical (unpaired) electrons. The Hall–Kier alpha value is -0.540. The van der Waals surface area contributed by atoms with Crippen LogP contribution in [0.3, 0.4) is 0 Å². The Morgan fingerprint density at radius 1 is 1.44 bits per heavy atom. The second-order valence-electron chi connectivity index (χ2n) is 3.98. The fourth-order valence-electron chi connectivity index (χ4n) is 1.56. The Bertz CT molecular complexity index is 377. The van der Waals surface area contributed by atoms with Crippen LogP contribution in [0.4, 0.5) is 0 Å². The molecule has 1 aromatic rings. The lowest BCUT2D eigenvalue weighted by Crippen LogP contribution is -2.36. The summed E-state index contributed by atoms with van der Waals surface area (Å²) in [7, 11) is 0. The standard InChI is InChI=1S/C12H16Cl2N2/c1-8(2)5-10(16-15)6-9-3-4-11(13)12(14)7-9/h3-4,7,10,16H,1,5-6,15H2,2H3. The maximum atomic E-state index is 5.95. The molecule has 88 valence electrons. The number of halogens is 2. The van der Waals surface area contributed by atoms with Crippen LogP contribution in [0.2, 0.25) is 10.0 Å². The van der Waals surface area contributed by atoms with E-state index >= 15 is 0 Å². The molecular formula is C12H16Cl2N2. The number of hydrogen-bond donors (Lipinski definition) is 2. The van der Waals surface area contributed by atoms with Crippen LogP contribution in [-0.4, -0.2) is 6.04 Å². The summed E-state index contributed by atoms with van der Waals surface area (Å²) < 4.78 is 0. The monoisotopic (exact) mass is 258 g/mol. The van der Waals surface area contributed by atoms with Crippen molar-refractivity contribution >= 4 is 23.2 Å². The Morgan fingerprint density at radius 3 is 2.62 bits per heavy atom. The molecule has 0 heterocycles. The number of nitrogens with one attached hydrogen (secondary N) is 1. The van der Waals surface area contributed by atoms with Crippen LogP contribution >= 0.6 is 23.2 Å². The largest absolute Gasteiger partial charge is 0.271 e. The summed E-state index contributed by atoms with van der Waals surface area (Å²) in [6, 6.07) is 5.80. The molecule has 0 aliphatic heterocycles. The highest BCUT2D eigenvalue weighted by atomic mass is 35.5. The molecule has 1 unspecified atom stereocenters. The molecule has 0 fully saturated rings. The topological polar surface area (TPSA) is 38.0 Å². The highest BCUT2D eigenvalue weighted by molar-refractivity contribution is 6.42. The van der Waals surface area contributed by atoms with Crippen molar-refractivity contribution in [3.63, 3.8) is 0 Å². The molecular weight excluding hydrogens is 243 g/mol. The molecule has 4 heteroatoms. The molecule has 3 N–H and O–H groups in total. The number of hydrazine groups is 1. The highest BCUT2D eigenvalue weighted by Crippen LogP contribution is 2.23. The molecule has 0 aliphatic carbocycles. The van der Waals surface area contributed by atoms with Gasteiger partial charge in [-0.3, -0.25) is 11.3 Å². The lowest BCUT2D eigenvalue weighted by Gasteiger charge is -2.16. The van der Waals surface area contributed by atoms with Gasteiger partial charge in [-0.25, -0.2) is 0 Å². The Labute approximate surface area is 106 Å². The minimum absolute atomic E-state index is 0.176. The van der Waals surface area contributed by atoms with Crippen molar-refractivity contribution in [3.8, 4) is 0 Å². The van der Waals surface area contributed by atoms with E-state index in [9.17, 15) is 0 Å². The molecule has 2 nitrogen and oxygen atoms in total. The maximum absolute atomic E-state index is 5.95. The smallest absolute Gasteiger partial charge is 0.0595 e. The van der Waals surface area contributed by atoms with E-state index in [2.05, 4.69) is 12.0 Å². The first kappa shape index (κ1) is 13.5. The van der Waals surface area contributed by atoms with E-state index in [0.29, 0.717) is 10.0 Å². The zero-order valence-electron chi connectivity index (χ0n) is 9.26. The first-order valence-electron chi connectivity index (χ1n) is 5.07. The Morgan fingerprint density at radius 2 is 2.12 bits per heavy atom. The zero-order valence-corrected chi connectivity index (χ0v) is 10.8.